The molecule has 1 aromatic carbocycles. The van der Waals surface area contributed by atoms with Gasteiger partial charge in [0.25, 0.3) is 0 Å². The average Bonchev–Trinajstić information content (AvgIpc) is 2.26. The van der Waals surface area contributed by atoms with E-state index in [4.69, 9.17) is 10.8 Å². The SMILES string of the molecule is COC(=O)C#Cc1ccc(N)cc1C(=O)O. The fourth-order valence-corrected chi connectivity index (χ4v) is 1.02. The number of esters is 1. The Balaban J connectivity index is 3.17. The number of hydrogen-bond acceptors (Lipinski definition) is 4. The Labute approximate surface area is 91.8 Å². The maximum atomic E-state index is 10.8. The number of rotatable bonds is 1. The van der Waals surface area contributed by atoms with E-state index in [0.717, 1.165) is 0 Å². The Morgan fingerprint density at radius 1 is 1.44 bits per heavy atom. The van der Waals surface area contributed by atoms with E-state index in [1.807, 2.05) is 0 Å². The third-order valence-corrected chi connectivity index (χ3v) is 1.76. The summed E-state index contributed by atoms with van der Waals surface area (Å²) in [5, 5.41) is 8.87. The molecule has 0 saturated carbocycles. The van der Waals surface area contributed by atoms with Gasteiger partial charge in [0.05, 0.1) is 12.7 Å². The van der Waals surface area contributed by atoms with Crippen LogP contribution in [0.25, 0.3) is 0 Å². The van der Waals surface area contributed by atoms with Crippen molar-refractivity contribution in [1.29, 1.82) is 0 Å². The molecule has 0 unspecified atom stereocenters. The minimum absolute atomic E-state index is 0.0450. The second kappa shape index (κ2) is 4.84. The van der Waals surface area contributed by atoms with E-state index in [2.05, 4.69) is 16.6 Å². The lowest BCUT2D eigenvalue weighted by molar-refractivity contribution is -0.133. The molecule has 16 heavy (non-hydrogen) atoms. The highest BCUT2D eigenvalue weighted by atomic mass is 16.5. The second-order valence-corrected chi connectivity index (χ2v) is 2.85. The number of carbonyl (C=O) groups excluding carboxylic acids is 1. The number of nitrogen functional groups attached to an aromatic ring is 1. The number of methoxy groups -OCH3 is 1. The first-order valence-corrected chi connectivity index (χ1v) is 4.27. The number of nitrogens with two attached hydrogens (primary N) is 1. The van der Waals surface area contributed by atoms with Crippen LogP contribution in [0.3, 0.4) is 0 Å². The van der Waals surface area contributed by atoms with E-state index in [9.17, 15) is 9.59 Å². The molecule has 82 valence electrons. The molecule has 0 fully saturated rings. The first-order valence-electron chi connectivity index (χ1n) is 4.27. The van der Waals surface area contributed by atoms with Crippen LogP contribution in [0.2, 0.25) is 0 Å². The fourth-order valence-electron chi connectivity index (χ4n) is 1.02. The van der Waals surface area contributed by atoms with E-state index in [1.165, 1.54) is 25.3 Å². The Kier molecular flexibility index (Phi) is 3.51. The highest BCUT2D eigenvalue weighted by Gasteiger charge is 2.08. The summed E-state index contributed by atoms with van der Waals surface area (Å²) in [6.45, 7) is 0. The molecule has 0 bridgehead atoms. The van der Waals surface area contributed by atoms with Gasteiger partial charge in [-0.2, -0.15) is 0 Å². The minimum atomic E-state index is -1.15. The molecule has 0 aliphatic rings. The lowest BCUT2D eigenvalue weighted by atomic mass is 10.1. The lowest BCUT2D eigenvalue weighted by Crippen LogP contribution is -2.02. The maximum Gasteiger partial charge on any atom is 0.384 e. The predicted molar refractivity (Wildman–Crippen MR) is 56.7 cm³/mol. The van der Waals surface area contributed by atoms with E-state index >= 15 is 0 Å². The van der Waals surface area contributed by atoms with Gasteiger partial charge in [-0.15, -0.1) is 0 Å². The standard InChI is InChI=1S/C11H9NO4/c1-16-10(13)5-3-7-2-4-8(12)6-9(7)11(14)15/h2,4,6H,12H2,1H3,(H,14,15). The Morgan fingerprint density at radius 3 is 2.69 bits per heavy atom. The molecule has 0 aliphatic carbocycles. The summed E-state index contributed by atoms with van der Waals surface area (Å²) < 4.78 is 4.31. The third kappa shape index (κ3) is 2.75. The van der Waals surface area contributed by atoms with Gasteiger partial charge in [0.1, 0.15) is 0 Å². The van der Waals surface area contributed by atoms with Crippen LogP contribution in [0, 0.1) is 11.8 Å². The molecule has 5 heteroatoms. The number of hydrogen-bond donors (Lipinski definition) is 2. The smallest absolute Gasteiger partial charge is 0.384 e. The zero-order chi connectivity index (χ0) is 12.1. The van der Waals surface area contributed by atoms with Crippen LogP contribution < -0.4 is 5.73 Å². The van der Waals surface area contributed by atoms with E-state index in [1.54, 1.807) is 0 Å². The Hall–Kier alpha value is -2.48. The molecular formula is C11H9NO4. The minimum Gasteiger partial charge on any atom is -0.478 e. The van der Waals surface area contributed by atoms with Gasteiger partial charge in [0.15, 0.2) is 0 Å². The van der Waals surface area contributed by atoms with Gasteiger partial charge in [-0.25, -0.2) is 9.59 Å². The number of aromatic carboxylic acids is 1. The van der Waals surface area contributed by atoms with Crippen molar-refractivity contribution >= 4 is 17.6 Å². The third-order valence-electron chi connectivity index (χ3n) is 1.76. The first-order chi connectivity index (χ1) is 7.54. The summed E-state index contributed by atoms with van der Waals surface area (Å²) in [4.78, 5) is 21.6. The predicted octanol–water partition coefficient (Wildman–Crippen LogP) is 0.492. The topological polar surface area (TPSA) is 89.6 Å². The van der Waals surface area contributed by atoms with Crippen molar-refractivity contribution in [1.82, 2.24) is 0 Å². The van der Waals surface area contributed by atoms with E-state index in [0.29, 0.717) is 5.69 Å². The molecule has 0 amide bonds. The number of benzene rings is 1. The summed E-state index contributed by atoms with van der Waals surface area (Å²) in [6.07, 6.45) is 0. The van der Waals surface area contributed by atoms with Crippen molar-refractivity contribution in [2.75, 3.05) is 12.8 Å². The summed E-state index contributed by atoms with van der Waals surface area (Å²) in [6, 6.07) is 4.23. The summed E-state index contributed by atoms with van der Waals surface area (Å²) in [5.41, 5.74) is 5.93. The monoisotopic (exact) mass is 219 g/mol. The highest BCUT2D eigenvalue weighted by Crippen LogP contribution is 2.12. The van der Waals surface area contributed by atoms with Crippen LogP contribution in [0.1, 0.15) is 15.9 Å². The lowest BCUT2D eigenvalue weighted by Gasteiger charge is -2.00. The molecule has 0 radical (unpaired) electrons. The van der Waals surface area contributed by atoms with Gasteiger partial charge >= 0.3 is 11.9 Å². The summed E-state index contributed by atoms with van der Waals surface area (Å²) in [7, 11) is 1.19. The quantitative estimate of drug-likeness (QED) is 0.407. The number of carboxylic acids is 1. The molecule has 0 spiro atoms. The summed E-state index contributed by atoms with van der Waals surface area (Å²) in [5.74, 6) is 2.68. The molecule has 0 saturated heterocycles. The van der Waals surface area contributed by atoms with Crippen LogP contribution >= 0.6 is 0 Å². The van der Waals surface area contributed by atoms with Crippen molar-refractivity contribution in [3.63, 3.8) is 0 Å². The van der Waals surface area contributed by atoms with Crippen LogP contribution in [0.4, 0.5) is 5.69 Å². The van der Waals surface area contributed by atoms with Crippen LogP contribution in [0.15, 0.2) is 18.2 Å². The maximum absolute atomic E-state index is 10.8. The Bertz CT molecular complexity index is 496. The highest BCUT2D eigenvalue weighted by molar-refractivity contribution is 5.94. The molecule has 0 heterocycles. The molecule has 0 aliphatic heterocycles. The molecule has 0 aromatic heterocycles. The second-order valence-electron chi connectivity index (χ2n) is 2.85. The van der Waals surface area contributed by atoms with Gasteiger partial charge < -0.3 is 15.6 Å². The molecule has 1 aromatic rings. The molecule has 1 rings (SSSR count). The van der Waals surface area contributed by atoms with E-state index in [-0.39, 0.29) is 11.1 Å². The molecule has 0 atom stereocenters. The van der Waals surface area contributed by atoms with Gasteiger partial charge in [-0.05, 0) is 18.2 Å². The largest absolute Gasteiger partial charge is 0.478 e. The van der Waals surface area contributed by atoms with Crippen molar-refractivity contribution in [2.45, 2.75) is 0 Å². The molecule has 5 nitrogen and oxygen atoms in total. The van der Waals surface area contributed by atoms with Gasteiger partial charge in [0.2, 0.25) is 0 Å². The van der Waals surface area contributed by atoms with Crippen LogP contribution in [-0.4, -0.2) is 24.2 Å². The van der Waals surface area contributed by atoms with Crippen molar-refractivity contribution in [2.24, 2.45) is 0 Å². The van der Waals surface area contributed by atoms with Crippen LogP contribution in [0.5, 0.6) is 0 Å². The Morgan fingerprint density at radius 2 is 2.12 bits per heavy atom. The zero-order valence-electron chi connectivity index (χ0n) is 8.48. The molecular weight excluding hydrogens is 210 g/mol. The fraction of sp³-hybridized carbons (Fsp3) is 0.0909. The summed E-state index contributed by atoms with van der Waals surface area (Å²) >= 11 is 0. The number of anilines is 1. The first kappa shape index (κ1) is 11.6. The van der Waals surface area contributed by atoms with Gasteiger partial charge in [-0.3, -0.25) is 0 Å². The number of carbonyl (C=O) groups is 2. The van der Waals surface area contributed by atoms with Crippen LogP contribution in [-0.2, 0) is 9.53 Å². The van der Waals surface area contributed by atoms with Gasteiger partial charge in [0, 0.05) is 17.2 Å². The number of carboxylic acid groups (broad SMARTS) is 1. The van der Waals surface area contributed by atoms with Crippen molar-refractivity contribution < 1.29 is 19.4 Å². The normalized spacial score (nSPS) is 8.81. The van der Waals surface area contributed by atoms with Crippen molar-refractivity contribution in [3.05, 3.63) is 29.3 Å². The zero-order valence-corrected chi connectivity index (χ0v) is 8.48. The average molecular weight is 219 g/mol. The van der Waals surface area contributed by atoms with Crippen molar-refractivity contribution in [3.8, 4) is 11.8 Å². The van der Waals surface area contributed by atoms with Gasteiger partial charge in [-0.1, -0.05) is 5.92 Å². The van der Waals surface area contributed by atoms with E-state index < -0.39 is 11.9 Å². The molecule has 3 N–H and O–H groups in total. The number of ether oxygens (including phenoxy) is 1.